The summed E-state index contributed by atoms with van der Waals surface area (Å²) in [4.78, 5) is 25.8. The number of carbonyl (C=O) groups is 2. The van der Waals surface area contributed by atoms with E-state index in [4.69, 9.17) is 10.2 Å². The van der Waals surface area contributed by atoms with Crippen molar-refractivity contribution in [2.24, 2.45) is 5.92 Å². The molecule has 5 heteroatoms. The van der Waals surface area contributed by atoms with Gasteiger partial charge in [-0.3, -0.25) is 9.59 Å². The van der Waals surface area contributed by atoms with Crippen molar-refractivity contribution in [2.75, 3.05) is 26.2 Å². The molecule has 1 aliphatic rings. The van der Waals surface area contributed by atoms with Gasteiger partial charge >= 0.3 is 5.97 Å². The lowest BCUT2D eigenvalue weighted by Crippen LogP contribution is -2.36. The number of carbonyl (C=O) groups excluding carboxylic acids is 1. The number of hydrogen-bond acceptors (Lipinski definition) is 4. The third-order valence-corrected chi connectivity index (χ3v) is 4.52. The summed E-state index contributed by atoms with van der Waals surface area (Å²) in [7, 11) is 0. The van der Waals surface area contributed by atoms with Gasteiger partial charge in [0, 0.05) is 24.6 Å². The van der Waals surface area contributed by atoms with Crippen molar-refractivity contribution in [3.8, 4) is 0 Å². The molecule has 0 amide bonds. The van der Waals surface area contributed by atoms with Gasteiger partial charge in [-0.15, -0.1) is 0 Å². The number of benzene rings is 1. The van der Waals surface area contributed by atoms with Gasteiger partial charge < -0.3 is 15.1 Å². The number of fused-ring (bicyclic) bond motifs is 1. The molecule has 1 aromatic rings. The van der Waals surface area contributed by atoms with Crippen LogP contribution < -0.4 is 0 Å². The van der Waals surface area contributed by atoms with E-state index in [2.05, 4.69) is 0 Å². The number of ketones is 1. The van der Waals surface area contributed by atoms with Crippen LogP contribution in [-0.2, 0) is 17.6 Å². The van der Waals surface area contributed by atoms with Crippen LogP contribution in [0.3, 0.4) is 0 Å². The van der Waals surface area contributed by atoms with E-state index in [0.717, 1.165) is 19.3 Å². The van der Waals surface area contributed by atoms with Crippen molar-refractivity contribution in [3.63, 3.8) is 0 Å². The Hall–Kier alpha value is -1.72. The molecule has 2 rings (SSSR count). The maximum Gasteiger partial charge on any atom is 0.304 e. The molecule has 0 bridgehead atoms. The molecule has 0 spiro atoms. The summed E-state index contributed by atoms with van der Waals surface area (Å²) in [6, 6.07) is 5.75. The van der Waals surface area contributed by atoms with Crippen molar-refractivity contribution in [1.29, 1.82) is 0 Å². The van der Waals surface area contributed by atoms with Crippen LogP contribution in [-0.4, -0.2) is 53.1 Å². The third-order valence-electron chi connectivity index (χ3n) is 4.52. The van der Waals surface area contributed by atoms with Crippen molar-refractivity contribution in [2.45, 2.75) is 32.6 Å². The molecule has 0 saturated carbocycles. The Labute approximate surface area is 136 Å². The summed E-state index contributed by atoms with van der Waals surface area (Å²) in [6.45, 7) is 3.42. The zero-order chi connectivity index (χ0) is 16.8. The molecule has 0 fully saturated rings. The lowest BCUT2D eigenvalue weighted by Gasteiger charge is -2.24. The molecule has 126 valence electrons. The molecule has 0 aliphatic heterocycles. The van der Waals surface area contributed by atoms with Crippen LogP contribution in [0.1, 0.15) is 41.3 Å². The first-order valence-corrected chi connectivity index (χ1v) is 8.26. The first kappa shape index (κ1) is 17.6. The van der Waals surface area contributed by atoms with Gasteiger partial charge in [-0.05, 0) is 43.0 Å². The first-order chi connectivity index (χ1) is 11.0. The fraction of sp³-hybridized carbons (Fsp3) is 0.556. The van der Waals surface area contributed by atoms with Crippen molar-refractivity contribution < 1.29 is 19.8 Å². The van der Waals surface area contributed by atoms with Crippen molar-refractivity contribution in [3.05, 3.63) is 34.9 Å². The van der Waals surface area contributed by atoms with Crippen LogP contribution in [0.5, 0.6) is 0 Å². The summed E-state index contributed by atoms with van der Waals surface area (Å²) >= 11 is 0. The predicted molar refractivity (Wildman–Crippen MR) is 87.7 cm³/mol. The van der Waals surface area contributed by atoms with E-state index in [9.17, 15) is 9.59 Å². The maximum absolute atomic E-state index is 12.8. The predicted octanol–water partition coefficient (Wildman–Crippen LogP) is 1.76. The highest BCUT2D eigenvalue weighted by Gasteiger charge is 2.26. The number of aliphatic carboxylic acids is 1. The van der Waals surface area contributed by atoms with Gasteiger partial charge in [-0.2, -0.15) is 0 Å². The van der Waals surface area contributed by atoms with Crippen LogP contribution in [0.25, 0.3) is 0 Å². The van der Waals surface area contributed by atoms with E-state index in [1.807, 2.05) is 30.0 Å². The second-order valence-corrected chi connectivity index (χ2v) is 6.11. The zero-order valence-electron chi connectivity index (χ0n) is 13.6. The van der Waals surface area contributed by atoms with Crippen LogP contribution in [0.15, 0.2) is 18.2 Å². The highest BCUT2D eigenvalue weighted by molar-refractivity contribution is 5.99. The number of aliphatic hydroxyl groups excluding tert-OH is 1. The van der Waals surface area contributed by atoms with Gasteiger partial charge in [0.2, 0.25) is 0 Å². The average Bonchev–Trinajstić information content (AvgIpc) is 2.99. The van der Waals surface area contributed by atoms with E-state index in [1.165, 1.54) is 11.1 Å². The van der Waals surface area contributed by atoms with Crippen LogP contribution >= 0.6 is 0 Å². The fourth-order valence-corrected chi connectivity index (χ4v) is 3.24. The van der Waals surface area contributed by atoms with Gasteiger partial charge in [-0.1, -0.05) is 19.1 Å². The quantitative estimate of drug-likeness (QED) is 0.678. The normalized spacial score (nSPS) is 14.7. The lowest BCUT2D eigenvalue weighted by molar-refractivity contribution is -0.137. The number of carboxylic acids is 1. The smallest absolute Gasteiger partial charge is 0.304 e. The monoisotopic (exact) mass is 319 g/mol. The molecule has 1 unspecified atom stereocenters. The standard InChI is InChI=1S/C18H25NO4/c1-2-19(8-9-20)12-16(11-17(21)22)18(23)15-7-6-13-4-3-5-14(13)10-15/h6-7,10,16,20H,2-5,8-9,11-12H2,1H3,(H,21,22). The van der Waals surface area contributed by atoms with Gasteiger partial charge in [0.1, 0.15) is 0 Å². The molecule has 0 radical (unpaired) electrons. The number of Topliss-reactive ketones (excluding diaryl/α,β-unsaturated/α-hetero) is 1. The minimum absolute atomic E-state index is 0.000662. The van der Waals surface area contributed by atoms with E-state index >= 15 is 0 Å². The summed E-state index contributed by atoms with van der Waals surface area (Å²) in [5.74, 6) is -1.67. The van der Waals surface area contributed by atoms with Crippen LogP contribution in [0, 0.1) is 5.92 Å². The molecule has 2 N–H and O–H groups in total. The van der Waals surface area contributed by atoms with Crippen LogP contribution in [0.2, 0.25) is 0 Å². The summed E-state index contributed by atoms with van der Waals surface area (Å²) in [5.41, 5.74) is 3.12. The topological polar surface area (TPSA) is 77.8 Å². The average molecular weight is 319 g/mol. The molecule has 0 saturated heterocycles. The SMILES string of the molecule is CCN(CCO)CC(CC(=O)O)C(=O)c1ccc2c(c1)CCC2. The number of rotatable bonds is 9. The molecule has 1 aromatic carbocycles. The maximum atomic E-state index is 12.8. The van der Waals surface area contributed by atoms with E-state index in [1.54, 1.807) is 0 Å². The van der Waals surface area contributed by atoms with E-state index in [-0.39, 0.29) is 18.8 Å². The Balaban J connectivity index is 2.16. The Kier molecular flexibility index (Phi) is 6.30. The number of aryl methyl sites for hydroxylation is 2. The first-order valence-electron chi connectivity index (χ1n) is 8.26. The molecule has 0 heterocycles. The van der Waals surface area contributed by atoms with Crippen LogP contribution in [0.4, 0.5) is 0 Å². The highest BCUT2D eigenvalue weighted by atomic mass is 16.4. The molecule has 1 atom stereocenters. The Morgan fingerprint density at radius 2 is 2.00 bits per heavy atom. The minimum Gasteiger partial charge on any atom is -0.481 e. The largest absolute Gasteiger partial charge is 0.481 e. The Morgan fingerprint density at radius 1 is 1.26 bits per heavy atom. The number of hydrogen-bond donors (Lipinski definition) is 2. The van der Waals surface area contributed by atoms with E-state index in [0.29, 0.717) is 25.2 Å². The van der Waals surface area contributed by atoms with Crippen molar-refractivity contribution >= 4 is 11.8 Å². The van der Waals surface area contributed by atoms with Gasteiger partial charge in [0.15, 0.2) is 5.78 Å². The zero-order valence-corrected chi connectivity index (χ0v) is 13.6. The van der Waals surface area contributed by atoms with Gasteiger partial charge in [-0.25, -0.2) is 0 Å². The molecule has 1 aliphatic carbocycles. The minimum atomic E-state index is -0.968. The summed E-state index contributed by atoms with van der Waals surface area (Å²) in [6.07, 6.45) is 2.98. The number of carboxylic acid groups (broad SMARTS) is 1. The third kappa shape index (κ3) is 4.62. The second kappa shape index (κ2) is 8.22. The number of nitrogens with zero attached hydrogens (tertiary/aromatic N) is 1. The number of aliphatic hydroxyl groups is 1. The molecule has 5 nitrogen and oxygen atoms in total. The summed E-state index contributed by atoms with van der Waals surface area (Å²) < 4.78 is 0. The summed E-state index contributed by atoms with van der Waals surface area (Å²) in [5, 5.41) is 18.2. The lowest BCUT2D eigenvalue weighted by atomic mass is 9.92. The Morgan fingerprint density at radius 3 is 2.65 bits per heavy atom. The Bertz CT molecular complexity index is 570. The van der Waals surface area contributed by atoms with Crippen molar-refractivity contribution in [1.82, 2.24) is 4.90 Å². The second-order valence-electron chi connectivity index (χ2n) is 6.11. The molecular formula is C18H25NO4. The fourth-order valence-electron chi connectivity index (χ4n) is 3.24. The van der Waals surface area contributed by atoms with Gasteiger partial charge in [0.25, 0.3) is 0 Å². The van der Waals surface area contributed by atoms with Gasteiger partial charge in [0.05, 0.1) is 13.0 Å². The molecular weight excluding hydrogens is 294 g/mol. The van der Waals surface area contributed by atoms with E-state index < -0.39 is 11.9 Å². The number of likely N-dealkylation sites (N-methyl/N-ethyl adjacent to an activating group) is 1. The molecule has 0 aromatic heterocycles. The molecule has 23 heavy (non-hydrogen) atoms. The highest BCUT2D eigenvalue weighted by Crippen LogP contribution is 2.24.